The lowest BCUT2D eigenvalue weighted by molar-refractivity contribution is 0.824. The molecule has 4 heteroatoms. The number of hydrogen-bond acceptors (Lipinski definition) is 3. The molecular formula is C13H19N3O. The molecule has 0 radical (unpaired) electrons. The number of hydrogen-bond donors (Lipinski definition) is 2. The lowest BCUT2D eigenvalue weighted by Gasteiger charge is -1.97. The van der Waals surface area contributed by atoms with E-state index in [1.54, 1.807) is 6.20 Å². The first-order chi connectivity index (χ1) is 7.88. The van der Waals surface area contributed by atoms with Crippen LogP contribution in [0.2, 0.25) is 0 Å². The van der Waals surface area contributed by atoms with Crippen molar-refractivity contribution >= 4 is 16.6 Å². The number of rotatable bonds is 0. The van der Waals surface area contributed by atoms with Crippen LogP contribution >= 0.6 is 0 Å². The van der Waals surface area contributed by atoms with Crippen molar-refractivity contribution < 1.29 is 5.48 Å². The second kappa shape index (κ2) is 6.83. The van der Waals surface area contributed by atoms with E-state index in [0.29, 0.717) is 5.82 Å². The molecule has 1 aliphatic rings. The van der Waals surface area contributed by atoms with Crippen LogP contribution in [0.15, 0.2) is 36.5 Å². The highest BCUT2D eigenvalue weighted by Gasteiger charge is 1.94. The maximum atomic E-state index is 5.65. The molecule has 2 aromatic rings. The lowest BCUT2D eigenvalue weighted by Crippen LogP contribution is -2.03. The molecule has 1 aromatic carbocycles. The molecule has 0 atom stereocenters. The average molecular weight is 233 g/mol. The van der Waals surface area contributed by atoms with E-state index in [4.69, 9.17) is 5.73 Å². The zero-order chi connectivity index (χ0) is 11.2. The first kappa shape index (κ1) is 13.4. The third-order valence-electron chi connectivity index (χ3n) is 2.66. The maximum Gasteiger partial charge on any atom is 0.131 e. The van der Waals surface area contributed by atoms with E-state index in [9.17, 15) is 0 Å². The fourth-order valence-electron chi connectivity index (χ4n) is 1.77. The number of benzene rings is 1. The minimum atomic E-state index is 0. The Bertz CT molecular complexity index is 442. The standard InChI is InChI=1S/C9H8N2.C4H9N.H2O/c10-9-8-4-2-1-3-7(8)5-6-11-9;1-2-4-5-3-1;/h1-6H,(H2,10,11);5H,1-4H2;1H2. The molecule has 0 unspecified atom stereocenters. The summed E-state index contributed by atoms with van der Waals surface area (Å²) in [5.74, 6) is 0.600. The molecule has 0 saturated carbocycles. The van der Waals surface area contributed by atoms with Gasteiger partial charge in [-0.25, -0.2) is 4.98 Å². The van der Waals surface area contributed by atoms with Gasteiger partial charge in [0, 0.05) is 11.6 Å². The highest BCUT2D eigenvalue weighted by Crippen LogP contribution is 2.16. The molecule has 1 aliphatic heterocycles. The summed E-state index contributed by atoms with van der Waals surface area (Å²) in [7, 11) is 0. The van der Waals surface area contributed by atoms with Crippen molar-refractivity contribution in [1.82, 2.24) is 10.3 Å². The molecule has 4 nitrogen and oxygen atoms in total. The Balaban J connectivity index is 0.000000205. The lowest BCUT2D eigenvalue weighted by atomic mass is 10.2. The fourth-order valence-corrected chi connectivity index (χ4v) is 1.77. The smallest absolute Gasteiger partial charge is 0.131 e. The van der Waals surface area contributed by atoms with E-state index >= 15 is 0 Å². The molecule has 0 aliphatic carbocycles. The average Bonchev–Trinajstić information content (AvgIpc) is 2.88. The summed E-state index contributed by atoms with van der Waals surface area (Å²) in [6.45, 7) is 2.50. The van der Waals surface area contributed by atoms with Crippen LogP contribution in [0.4, 0.5) is 5.82 Å². The second-order valence-electron chi connectivity index (χ2n) is 3.87. The van der Waals surface area contributed by atoms with Crippen molar-refractivity contribution in [3.05, 3.63) is 36.5 Å². The van der Waals surface area contributed by atoms with Gasteiger partial charge in [-0.05, 0) is 37.4 Å². The van der Waals surface area contributed by atoms with Crippen molar-refractivity contribution in [1.29, 1.82) is 0 Å². The van der Waals surface area contributed by atoms with Crippen molar-refractivity contribution in [3.63, 3.8) is 0 Å². The minimum Gasteiger partial charge on any atom is -0.412 e. The van der Waals surface area contributed by atoms with Crippen molar-refractivity contribution in [3.8, 4) is 0 Å². The highest BCUT2D eigenvalue weighted by atomic mass is 16.0. The van der Waals surface area contributed by atoms with Gasteiger partial charge < -0.3 is 16.5 Å². The zero-order valence-electron chi connectivity index (χ0n) is 9.82. The van der Waals surface area contributed by atoms with Crippen LogP contribution in [0.25, 0.3) is 10.8 Å². The van der Waals surface area contributed by atoms with E-state index in [-0.39, 0.29) is 5.48 Å². The molecule has 1 fully saturated rings. The predicted octanol–water partition coefficient (Wildman–Crippen LogP) is 1.36. The summed E-state index contributed by atoms with van der Waals surface area (Å²) in [5.41, 5.74) is 5.65. The van der Waals surface area contributed by atoms with E-state index < -0.39 is 0 Å². The summed E-state index contributed by atoms with van der Waals surface area (Å²) in [6.07, 6.45) is 4.50. The molecule has 0 bridgehead atoms. The summed E-state index contributed by atoms with van der Waals surface area (Å²) in [6, 6.07) is 9.89. The third-order valence-corrected chi connectivity index (χ3v) is 2.66. The Hall–Kier alpha value is -1.65. The number of nitrogens with one attached hydrogen (secondary N) is 1. The summed E-state index contributed by atoms with van der Waals surface area (Å²) in [4.78, 5) is 3.99. The predicted molar refractivity (Wildman–Crippen MR) is 71.9 cm³/mol. The molecule has 1 aromatic heterocycles. The fraction of sp³-hybridized carbons (Fsp3) is 0.308. The first-order valence-electron chi connectivity index (χ1n) is 5.68. The minimum absolute atomic E-state index is 0. The van der Waals surface area contributed by atoms with Gasteiger partial charge in [-0.1, -0.05) is 24.3 Å². The third kappa shape index (κ3) is 3.69. The Labute approximate surface area is 101 Å². The van der Waals surface area contributed by atoms with Crippen LogP contribution in [-0.2, 0) is 0 Å². The molecule has 3 rings (SSSR count). The molecule has 17 heavy (non-hydrogen) atoms. The highest BCUT2D eigenvalue weighted by molar-refractivity contribution is 5.90. The van der Waals surface area contributed by atoms with E-state index in [1.165, 1.54) is 25.9 Å². The number of aromatic nitrogens is 1. The molecule has 92 valence electrons. The van der Waals surface area contributed by atoms with Crippen molar-refractivity contribution in [2.75, 3.05) is 18.8 Å². The number of nitrogens with zero attached hydrogens (tertiary/aromatic N) is 1. The van der Waals surface area contributed by atoms with Crippen LogP contribution < -0.4 is 11.1 Å². The summed E-state index contributed by atoms with van der Waals surface area (Å²) >= 11 is 0. The normalized spacial score (nSPS) is 13.6. The monoisotopic (exact) mass is 233 g/mol. The molecule has 0 amide bonds. The number of anilines is 1. The van der Waals surface area contributed by atoms with Crippen LogP contribution in [0.1, 0.15) is 12.8 Å². The number of pyridine rings is 1. The van der Waals surface area contributed by atoms with E-state index in [2.05, 4.69) is 10.3 Å². The molecule has 0 spiro atoms. The van der Waals surface area contributed by atoms with Gasteiger partial charge in [0.2, 0.25) is 0 Å². The van der Waals surface area contributed by atoms with Crippen LogP contribution in [0.3, 0.4) is 0 Å². The van der Waals surface area contributed by atoms with Gasteiger partial charge in [-0.15, -0.1) is 0 Å². The van der Waals surface area contributed by atoms with Gasteiger partial charge in [0.1, 0.15) is 5.82 Å². The number of fused-ring (bicyclic) bond motifs is 1. The Morgan fingerprint density at radius 1 is 1.06 bits per heavy atom. The Morgan fingerprint density at radius 3 is 2.35 bits per heavy atom. The van der Waals surface area contributed by atoms with E-state index in [0.717, 1.165) is 10.8 Å². The van der Waals surface area contributed by atoms with Crippen molar-refractivity contribution in [2.45, 2.75) is 12.8 Å². The van der Waals surface area contributed by atoms with Crippen LogP contribution in [0.5, 0.6) is 0 Å². The Morgan fingerprint density at radius 2 is 1.76 bits per heavy atom. The molecular weight excluding hydrogens is 214 g/mol. The van der Waals surface area contributed by atoms with Gasteiger partial charge in [0.25, 0.3) is 0 Å². The second-order valence-corrected chi connectivity index (χ2v) is 3.87. The molecule has 5 N–H and O–H groups in total. The molecule has 2 heterocycles. The van der Waals surface area contributed by atoms with E-state index in [1.807, 2.05) is 30.3 Å². The largest absolute Gasteiger partial charge is 0.412 e. The van der Waals surface area contributed by atoms with Gasteiger partial charge >= 0.3 is 0 Å². The van der Waals surface area contributed by atoms with Crippen LogP contribution in [-0.4, -0.2) is 23.5 Å². The quantitative estimate of drug-likeness (QED) is 0.720. The SMILES string of the molecule is C1CCNC1.Nc1nccc2ccccc12.O. The van der Waals surface area contributed by atoms with Gasteiger partial charge in [0.05, 0.1) is 0 Å². The van der Waals surface area contributed by atoms with Gasteiger partial charge in [0.15, 0.2) is 0 Å². The van der Waals surface area contributed by atoms with Crippen molar-refractivity contribution in [2.24, 2.45) is 0 Å². The maximum absolute atomic E-state index is 5.65. The summed E-state index contributed by atoms with van der Waals surface area (Å²) < 4.78 is 0. The van der Waals surface area contributed by atoms with Gasteiger partial charge in [-0.3, -0.25) is 0 Å². The molecule has 1 saturated heterocycles. The summed E-state index contributed by atoms with van der Waals surface area (Å²) in [5, 5.41) is 5.38. The zero-order valence-corrected chi connectivity index (χ0v) is 9.82. The van der Waals surface area contributed by atoms with Crippen LogP contribution in [0, 0.1) is 0 Å². The topological polar surface area (TPSA) is 82.4 Å². The Kier molecular flexibility index (Phi) is 5.39. The van der Waals surface area contributed by atoms with Gasteiger partial charge in [-0.2, -0.15) is 0 Å². The number of nitrogen functional groups attached to an aromatic ring is 1. The first-order valence-corrected chi connectivity index (χ1v) is 5.68. The number of nitrogens with two attached hydrogens (primary N) is 1.